The van der Waals surface area contributed by atoms with E-state index in [-0.39, 0.29) is 24.8 Å². The van der Waals surface area contributed by atoms with Crippen molar-refractivity contribution < 1.29 is 19.5 Å². The summed E-state index contributed by atoms with van der Waals surface area (Å²) in [6.45, 7) is 4.44. The highest BCUT2D eigenvalue weighted by molar-refractivity contribution is 6.31. The third-order valence-electron chi connectivity index (χ3n) is 6.25. The van der Waals surface area contributed by atoms with Crippen molar-refractivity contribution in [1.29, 1.82) is 0 Å². The molecule has 0 unspecified atom stereocenters. The van der Waals surface area contributed by atoms with Crippen LogP contribution < -0.4 is 10.6 Å². The minimum absolute atomic E-state index is 0.0358. The molecule has 0 spiro atoms. The highest BCUT2D eigenvalue weighted by Gasteiger charge is 2.33. The number of carboxylic acids is 1. The Morgan fingerprint density at radius 2 is 1.86 bits per heavy atom. The van der Waals surface area contributed by atoms with Crippen LogP contribution >= 0.6 is 11.6 Å². The van der Waals surface area contributed by atoms with Crippen molar-refractivity contribution in [2.75, 3.05) is 0 Å². The second-order valence-corrected chi connectivity index (χ2v) is 8.40. The molecule has 0 aromatic heterocycles. The first-order valence-corrected chi connectivity index (χ1v) is 10.7. The van der Waals surface area contributed by atoms with Crippen molar-refractivity contribution in [3.63, 3.8) is 0 Å². The lowest BCUT2D eigenvalue weighted by Crippen LogP contribution is -2.51. The molecule has 160 valence electrons. The Kier molecular flexibility index (Phi) is 8.50. The molecule has 6 nitrogen and oxygen atoms in total. The zero-order valence-electron chi connectivity index (χ0n) is 17.2. The van der Waals surface area contributed by atoms with Gasteiger partial charge in [0.05, 0.1) is 0 Å². The molecule has 1 saturated carbocycles. The quantitative estimate of drug-likeness (QED) is 0.556. The number of rotatable bonds is 9. The van der Waals surface area contributed by atoms with Crippen molar-refractivity contribution in [2.24, 2.45) is 5.41 Å². The van der Waals surface area contributed by atoms with Crippen LogP contribution in [0.15, 0.2) is 24.3 Å². The average Bonchev–Trinajstić information content (AvgIpc) is 2.71. The Hall–Kier alpha value is -2.08. The largest absolute Gasteiger partial charge is 0.481 e. The number of amides is 2. The topological polar surface area (TPSA) is 95.5 Å². The number of hydrogen-bond donors (Lipinski definition) is 3. The fraction of sp³-hybridized carbons (Fsp3) is 0.591. The lowest BCUT2D eigenvalue weighted by atomic mass is 9.69. The van der Waals surface area contributed by atoms with E-state index in [1.54, 1.807) is 18.2 Å². The smallest absolute Gasteiger partial charge is 0.303 e. The molecule has 1 aromatic carbocycles. The number of nitrogens with one attached hydrogen (secondary N) is 2. The summed E-state index contributed by atoms with van der Waals surface area (Å²) in [7, 11) is 0. The maximum absolute atomic E-state index is 12.8. The van der Waals surface area contributed by atoms with Gasteiger partial charge in [-0.05, 0) is 55.7 Å². The van der Waals surface area contributed by atoms with Crippen LogP contribution in [0.2, 0.25) is 5.02 Å². The van der Waals surface area contributed by atoms with Crippen molar-refractivity contribution >= 4 is 29.4 Å². The van der Waals surface area contributed by atoms with E-state index in [9.17, 15) is 14.4 Å². The van der Waals surface area contributed by atoms with E-state index in [1.807, 2.05) is 0 Å². The Balaban J connectivity index is 2.00. The molecule has 0 bridgehead atoms. The summed E-state index contributed by atoms with van der Waals surface area (Å²) < 4.78 is 0. The van der Waals surface area contributed by atoms with Gasteiger partial charge in [-0.3, -0.25) is 14.4 Å². The molecule has 29 heavy (non-hydrogen) atoms. The van der Waals surface area contributed by atoms with Crippen molar-refractivity contribution in [3.05, 3.63) is 34.9 Å². The highest BCUT2D eigenvalue weighted by Crippen LogP contribution is 2.41. The Morgan fingerprint density at radius 1 is 1.21 bits per heavy atom. The molecule has 0 saturated heterocycles. The Bertz CT molecular complexity index is 723. The van der Waals surface area contributed by atoms with Crippen molar-refractivity contribution in [3.8, 4) is 0 Å². The van der Waals surface area contributed by atoms with Crippen LogP contribution in [-0.2, 0) is 9.59 Å². The third kappa shape index (κ3) is 6.74. The fourth-order valence-electron chi connectivity index (χ4n) is 4.04. The summed E-state index contributed by atoms with van der Waals surface area (Å²) in [5.74, 6) is -1.78. The van der Waals surface area contributed by atoms with Crippen molar-refractivity contribution in [1.82, 2.24) is 10.6 Å². The van der Waals surface area contributed by atoms with E-state index in [4.69, 9.17) is 16.7 Å². The molecule has 7 heteroatoms. The SMILES string of the molecule is CCC1(CC)CCC(NC(=O)[C@@H](CCC(=O)O)NC(=O)c2cccc(Cl)c2)CC1. The molecule has 2 rings (SSSR count). The fourth-order valence-corrected chi connectivity index (χ4v) is 4.23. The zero-order chi connectivity index (χ0) is 21.4. The standard InChI is InChI=1S/C22H31ClN2O4/c1-3-22(4-2)12-10-17(11-13-22)24-21(29)18(8-9-19(26)27)25-20(28)15-6-5-7-16(23)14-15/h5-7,14,17-18H,3-4,8-13H2,1-2H3,(H,24,29)(H,25,28)(H,26,27)/t18-/m1/s1. The van der Waals surface area contributed by atoms with E-state index in [0.29, 0.717) is 16.0 Å². The summed E-state index contributed by atoms with van der Waals surface area (Å²) in [6.07, 6.45) is 6.06. The van der Waals surface area contributed by atoms with Crippen LogP contribution in [0.1, 0.15) is 75.6 Å². The van der Waals surface area contributed by atoms with Gasteiger partial charge in [0.2, 0.25) is 5.91 Å². The monoisotopic (exact) mass is 422 g/mol. The summed E-state index contributed by atoms with van der Waals surface area (Å²) in [6, 6.07) is 5.58. The number of carbonyl (C=O) groups excluding carboxylic acids is 2. The van der Waals surface area contributed by atoms with E-state index >= 15 is 0 Å². The van der Waals surface area contributed by atoms with Crippen LogP contribution in [0.3, 0.4) is 0 Å². The van der Waals surface area contributed by atoms with Crippen LogP contribution in [-0.4, -0.2) is 35.0 Å². The van der Waals surface area contributed by atoms with Gasteiger partial charge < -0.3 is 15.7 Å². The first kappa shape index (κ1) is 23.2. The lowest BCUT2D eigenvalue weighted by molar-refractivity contribution is -0.137. The summed E-state index contributed by atoms with van der Waals surface area (Å²) in [4.78, 5) is 36.3. The first-order valence-electron chi connectivity index (χ1n) is 10.4. The Morgan fingerprint density at radius 3 is 2.41 bits per heavy atom. The van der Waals surface area contributed by atoms with Gasteiger partial charge in [-0.1, -0.05) is 44.4 Å². The van der Waals surface area contributed by atoms with Crippen LogP contribution in [0.25, 0.3) is 0 Å². The molecule has 2 amide bonds. The van der Waals surface area contributed by atoms with E-state index in [0.717, 1.165) is 38.5 Å². The molecule has 1 aliphatic carbocycles. The van der Waals surface area contributed by atoms with E-state index in [2.05, 4.69) is 24.5 Å². The number of aliphatic carboxylic acids is 1. The van der Waals surface area contributed by atoms with E-state index in [1.165, 1.54) is 6.07 Å². The third-order valence-corrected chi connectivity index (χ3v) is 6.48. The molecule has 1 atom stereocenters. The summed E-state index contributed by atoms with van der Waals surface area (Å²) in [5.41, 5.74) is 0.698. The second-order valence-electron chi connectivity index (χ2n) is 7.96. The molecule has 1 aliphatic rings. The first-order chi connectivity index (χ1) is 13.8. The van der Waals surface area contributed by atoms with Gasteiger partial charge in [0.25, 0.3) is 5.91 Å². The number of carboxylic acid groups (broad SMARTS) is 1. The number of carbonyl (C=O) groups is 3. The van der Waals surface area contributed by atoms with E-state index < -0.39 is 17.9 Å². The van der Waals surface area contributed by atoms with Gasteiger partial charge in [-0.15, -0.1) is 0 Å². The Labute approximate surface area is 177 Å². The minimum atomic E-state index is -1.01. The molecule has 0 heterocycles. The highest BCUT2D eigenvalue weighted by atomic mass is 35.5. The average molecular weight is 423 g/mol. The molecular formula is C22H31ClN2O4. The van der Waals surface area contributed by atoms with Gasteiger partial charge >= 0.3 is 5.97 Å². The summed E-state index contributed by atoms with van der Waals surface area (Å²) >= 11 is 5.93. The molecule has 0 aliphatic heterocycles. The lowest BCUT2D eigenvalue weighted by Gasteiger charge is -2.39. The number of benzene rings is 1. The molecular weight excluding hydrogens is 392 g/mol. The molecule has 3 N–H and O–H groups in total. The summed E-state index contributed by atoms with van der Waals surface area (Å²) in [5, 5.41) is 15.1. The van der Waals surface area contributed by atoms with Gasteiger partial charge in [0.1, 0.15) is 6.04 Å². The maximum Gasteiger partial charge on any atom is 0.303 e. The minimum Gasteiger partial charge on any atom is -0.481 e. The molecule has 0 radical (unpaired) electrons. The predicted octanol–water partition coefficient (Wildman–Crippen LogP) is 4.17. The molecule has 1 aromatic rings. The zero-order valence-corrected chi connectivity index (χ0v) is 17.9. The van der Waals surface area contributed by atoms with Gasteiger partial charge in [0.15, 0.2) is 0 Å². The van der Waals surface area contributed by atoms with Crippen LogP contribution in [0, 0.1) is 5.41 Å². The van der Waals surface area contributed by atoms with Gasteiger partial charge in [-0.25, -0.2) is 0 Å². The van der Waals surface area contributed by atoms with Crippen molar-refractivity contribution in [2.45, 2.75) is 77.3 Å². The normalized spacial score (nSPS) is 17.3. The maximum atomic E-state index is 12.8. The number of hydrogen-bond acceptors (Lipinski definition) is 3. The van der Waals surface area contributed by atoms with Crippen LogP contribution in [0.4, 0.5) is 0 Å². The van der Waals surface area contributed by atoms with Crippen LogP contribution in [0.5, 0.6) is 0 Å². The predicted molar refractivity (Wildman–Crippen MR) is 113 cm³/mol. The van der Waals surface area contributed by atoms with Gasteiger partial charge in [-0.2, -0.15) is 0 Å². The molecule has 1 fully saturated rings. The number of halogens is 1. The second kappa shape index (κ2) is 10.6. The van der Waals surface area contributed by atoms with Gasteiger partial charge in [0, 0.05) is 23.0 Å².